The Morgan fingerprint density at radius 1 is 1.40 bits per heavy atom. The van der Waals surface area contributed by atoms with Crippen LogP contribution in [0.4, 0.5) is 0 Å². The van der Waals surface area contributed by atoms with E-state index in [2.05, 4.69) is 6.58 Å². The first kappa shape index (κ1) is 14.8. The predicted molar refractivity (Wildman–Crippen MR) is 70.1 cm³/mol. The molecule has 0 aliphatic carbocycles. The summed E-state index contributed by atoms with van der Waals surface area (Å²) in [6.45, 7) is 3.65. The molecule has 0 aromatic heterocycles. The number of allylic oxidation sites excluding steroid dienone is 1. The average molecular weight is 267 g/mol. The van der Waals surface area contributed by atoms with Crippen LogP contribution in [-0.2, 0) is 0 Å². The maximum Gasteiger partial charge on any atom is 0.0454 e. The molecule has 0 saturated carbocycles. The van der Waals surface area contributed by atoms with Gasteiger partial charge >= 0.3 is 0 Å². The molecular formula is C11H14Cl3N. The minimum atomic E-state index is -0.0702. The van der Waals surface area contributed by atoms with Crippen LogP contribution in [0.3, 0.4) is 0 Å². The van der Waals surface area contributed by atoms with Crippen LogP contribution in [0.5, 0.6) is 0 Å². The largest absolute Gasteiger partial charge is 0.324 e. The Kier molecular flexibility index (Phi) is 7.03. The molecule has 0 spiro atoms. The SMILES string of the molecule is C=CCC[C@@H](N)c1cc(Cl)ccc1Cl.Cl. The first-order valence-corrected chi connectivity index (χ1v) is 5.22. The zero-order valence-corrected chi connectivity index (χ0v) is 10.6. The molecule has 15 heavy (non-hydrogen) atoms. The van der Waals surface area contributed by atoms with Crippen molar-refractivity contribution in [1.82, 2.24) is 0 Å². The van der Waals surface area contributed by atoms with Gasteiger partial charge in [-0.05, 0) is 36.6 Å². The topological polar surface area (TPSA) is 26.0 Å². The van der Waals surface area contributed by atoms with Gasteiger partial charge in [-0.15, -0.1) is 19.0 Å². The zero-order chi connectivity index (χ0) is 10.6. The Balaban J connectivity index is 0.00000196. The van der Waals surface area contributed by atoms with Gasteiger partial charge in [-0.2, -0.15) is 0 Å². The molecule has 0 amide bonds. The normalized spacial score (nSPS) is 11.7. The van der Waals surface area contributed by atoms with Crippen molar-refractivity contribution in [2.45, 2.75) is 18.9 Å². The molecule has 4 heteroatoms. The summed E-state index contributed by atoms with van der Waals surface area (Å²) in [6, 6.07) is 5.28. The highest BCUT2D eigenvalue weighted by Crippen LogP contribution is 2.27. The third-order valence-corrected chi connectivity index (χ3v) is 2.62. The van der Waals surface area contributed by atoms with E-state index in [1.807, 2.05) is 12.1 Å². The van der Waals surface area contributed by atoms with Crippen molar-refractivity contribution in [2.75, 3.05) is 0 Å². The van der Waals surface area contributed by atoms with Gasteiger partial charge in [0.2, 0.25) is 0 Å². The Hall–Kier alpha value is -0.210. The van der Waals surface area contributed by atoms with E-state index in [0.717, 1.165) is 18.4 Å². The lowest BCUT2D eigenvalue weighted by Gasteiger charge is -2.12. The molecule has 84 valence electrons. The quantitative estimate of drug-likeness (QED) is 0.804. The maximum atomic E-state index is 6.01. The average Bonchev–Trinajstić information content (AvgIpc) is 2.18. The number of rotatable bonds is 4. The Morgan fingerprint density at radius 2 is 2.07 bits per heavy atom. The van der Waals surface area contributed by atoms with Gasteiger partial charge in [0.25, 0.3) is 0 Å². The van der Waals surface area contributed by atoms with Gasteiger partial charge in [0.15, 0.2) is 0 Å². The standard InChI is InChI=1S/C11H13Cl2N.ClH/c1-2-3-4-11(14)9-7-8(12)5-6-10(9)13;/h2,5-7,11H,1,3-4,14H2;1H/t11-;/m1./s1. The Labute approximate surface area is 107 Å². The highest BCUT2D eigenvalue weighted by Gasteiger charge is 2.09. The van der Waals surface area contributed by atoms with E-state index >= 15 is 0 Å². The third-order valence-electron chi connectivity index (χ3n) is 2.04. The lowest BCUT2D eigenvalue weighted by molar-refractivity contribution is 0.662. The van der Waals surface area contributed by atoms with Crippen molar-refractivity contribution in [3.8, 4) is 0 Å². The minimum Gasteiger partial charge on any atom is -0.324 e. The predicted octanol–water partition coefficient (Wildman–Crippen LogP) is 4.38. The summed E-state index contributed by atoms with van der Waals surface area (Å²) in [5.74, 6) is 0. The van der Waals surface area contributed by atoms with Crippen LogP contribution in [-0.4, -0.2) is 0 Å². The zero-order valence-electron chi connectivity index (χ0n) is 8.25. The number of halogens is 3. The van der Waals surface area contributed by atoms with E-state index in [4.69, 9.17) is 28.9 Å². The van der Waals surface area contributed by atoms with Crippen LogP contribution in [0.25, 0.3) is 0 Å². The monoisotopic (exact) mass is 265 g/mol. The molecule has 0 aliphatic heterocycles. The Bertz CT molecular complexity index is 326. The molecule has 1 aromatic rings. The van der Waals surface area contributed by atoms with E-state index < -0.39 is 0 Å². The van der Waals surface area contributed by atoms with Gasteiger partial charge in [0.1, 0.15) is 0 Å². The summed E-state index contributed by atoms with van der Waals surface area (Å²) in [5, 5.41) is 1.34. The maximum absolute atomic E-state index is 6.01. The first-order valence-electron chi connectivity index (χ1n) is 4.46. The third kappa shape index (κ3) is 4.43. The molecule has 0 aliphatic rings. The van der Waals surface area contributed by atoms with Crippen molar-refractivity contribution >= 4 is 35.6 Å². The summed E-state index contributed by atoms with van der Waals surface area (Å²) in [4.78, 5) is 0. The summed E-state index contributed by atoms with van der Waals surface area (Å²) >= 11 is 11.9. The van der Waals surface area contributed by atoms with E-state index in [-0.39, 0.29) is 18.4 Å². The molecule has 0 radical (unpaired) electrons. The molecule has 0 saturated heterocycles. The van der Waals surface area contributed by atoms with Crippen molar-refractivity contribution in [3.63, 3.8) is 0 Å². The van der Waals surface area contributed by atoms with Crippen LogP contribution >= 0.6 is 35.6 Å². The number of hydrogen-bond donors (Lipinski definition) is 1. The van der Waals surface area contributed by atoms with Crippen molar-refractivity contribution < 1.29 is 0 Å². The van der Waals surface area contributed by atoms with Crippen LogP contribution < -0.4 is 5.73 Å². The van der Waals surface area contributed by atoms with Crippen LogP contribution in [0.1, 0.15) is 24.4 Å². The van der Waals surface area contributed by atoms with E-state index in [9.17, 15) is 0 Å². The van der Waals surface area contributed by atoms with Crippen molar-refractivity contribution in [2.24, 2.45) is 5.73 Å². The Morgan fingerprint density at radius 3 is 2.67 bits per heavy atom. The summed E-state index contributed by atoms with van der Waals surface area (Å²) in [6.07, 6.45) is 3.56. The first-order chi connectivity index (χ1) is 6.65. The van der Waals surface area contributed by atoms with Crippen LogP contribution in [0.15, 0.2) is 30.9 Å². The van der Waals surface area contributed by atoms with Gasteiger partial charge < -0.3 is 5.73 Å². The van der Waals surface area contributed by atoms with Crippen molar-refractivity contribution in [3.05, 3.63) is 46.5 Å². The molecule has 1 atom stereocenters. The van der Waals surface area contributed by atoms with Gasteiger partial charge in [-0.1, -0.05) is 29.3 Å². The van der Waals surface area contributed by atoms with E-state index in [0.29, 0.717) is 10.0 Å². The molecule has 0 heterocycles. The van der Waals surface area contributed by atoms with E-state index in [1.54, 1.807) is 12.1 Å². The highest BCUT2D eigenvalue weighted by atomic mass is 35.5. The second-order valence-electron chi connectivity index (χ2n) is 3.14. The molecule has 0 unspecified atom stereocenters. The summed E-state index contributed by atoms with van der Waals surface area (Å²) in [7, 11) is 0. The minimum absolute atomic E-state index is 0. The molecule has 1 rings (SSSR count). The van der Waals surface area contributed by atoms with E-state index in [1.165, 1.54) is 0 Å². The van der Waals surface area contributed by atoms with Gasteiger partial charge in [0.05, 0.1) is 0 Å². The lowest BCUT2D eigenvalue weighted by atomic mass is 10.0. The second-order valence-corrected chi connectivity index (χ2v) is 3.98. The summed E-state index contributed by atoms with van der Waals surface area (Å²) in [5.41, 5.74) is 6.86. The molecular weight excluding hydrogens is 252 g/mol. The van der Waals surface area contributed by atoms with Gasteiger partial charge in [0, 0.05) is 16.1 Å². The molecule has 0 bridgehead atoms. The molecule has 0 fully saturated rings. The lowest BCUT2D eigenvalue weighted by Crippen LogP contribution is -2.10. The fourth-order valence-electron chi connectivity index (χ4n) is 1.25. The molecule has 1 aromatic carbocycles. The smallest absolute Gasteiger partial charge is 0.0454 e. The number of nitrogens with two attached hydrogens (primary N) is 1. The van der Waals surface area contributed by atoms with Crippen LogP contribution in [0.2, 0.25) is 10.0 Å². The molecule has 2 N–H and O–H groups in total. The molecule has 1 nitrogen and oxygen atoms in total. The van der Waals surface area contributed by atoms with Crippen LogP contribution in [0, 0.1) is 0 Å². The van der Waals surface area contributed by atoms with Crippen molar-refractivity contribution in [1.29, 1.82) is 0 Å². The fraction of sp³-hybridized carbons (Fsp3) is 0.273. The fourth-order valence-corrected chi connectivity index (χ4v) is 1.69. The number of benzene rings is 1. The van der Waals surface area contributed by atoms with Gasteiger partial charge in [-0.3, -0.25) is 0 Å². The highest BCUT2D eigenvalue weighted by molar-refractivity contribution is 6.33. The van der Waals surface area contributed by atoms with Gasteiger partial charge in [-0.25, -0.2) is 0 Å². The number of hydrogen-bond acceptors (Lipinski definition) is 1. The second kappa shape index (κ2) is 7.13. The summed E-state index contributed by atoms with van der Waals surface area (Å²) < 4.78 is 0.